The molecule has 2 rings (SSSR count). The van der Waals surface area contributed by atoms with E-state index in [2.05, 4.69) is 10.5 Å². The number of hydrogen-bond acceptors (Lipinski definition) is 4. The fourth-order valence-corrected chi connectivity index (χ4v) is 1.92. The Bertz CT molecular complexity index is 671. The van der Waals surface area contributed by atoms with Crippen LogP contribution in [0.15, 0.2) is 53.6 Å². The zero-order valence-electron chi connectivity index (χ0n) is 10.7. The molecule has 0 amide bonds. The SMILES string of the molecule is C/C(=N\Nc1cccc([N+](=O)[O-])c1)c1ccccc1Cl. The Kier molecular flexibility index (Phi) is 4.32. The van der Waals surface area contributed by atoms with Gasteiger partial charge in [-0.3, -0.25) is 15.5 Å². The van der Waals surface area contributed by atoms with Crippen LogP contribution >= 0.6 is 11.6 Å². The van der Waals surface area contributed by atoms with Gasteiger partial charge in [-0.2, -0.15) is 5.10 Å². The summed E-state index contributed by atoms with van der Waals surface area (Å²) in [4.78, 5) is 10.2. The van der Waals surface area contributed by atoms with Crippen LogP contribution in [0.2, 0.25) is 5.02 Å². The first kappa shape index (κ1) is 14.0. The quantitative estimate of drug-likeness (QED) is 0.524. The molecule has 2 aromatic carbocycles. The van der Waals surface area contributed by atoms with E-state index in [1.54, 1.807) is 18.2 Å². The fraction of sp³-hybridized carbons (Fsp3) is 0.0714. The van der Waals surface area contributed by atoms with Gasteiger partial charge in [0.25, 0.3) is 5.69 Å². The van der Waals surface area contributed by atoms with E-state index in [1.807, 2.05) is 25.1 Å². The predicted octanol–water partition coefficient (Wildman–Crippen LogP) is 4.08. The number of rotatable bonds is 4. The minimum atomic E-state index is -0.449. The van der Waals surface area contributed by atoms with Gasteiger partial charge in [0.05, 0.1) is 16.3 Å². The lowest BCUT2D eigenvalue weighted by atomic mass is 10.1. The lowest BCUT2D eigenvalue weighted by Crippen LogP contribution is -2.00. The number of non-ortho nitro benzene ring substituents is 1. The molecule has 0 fully saturated rings. The number of nitro benzene ring substituents is 1. The van der Waals surface area contributed by atoms with Crippen LogP contribution in [0.1, 0.15) is 12.5 Å². The largest absolute Gasteiger partial charge is 0.278 e. The van der Waals surface area contributed by atoms with Crippen molar-refractivity contribution in [3.63, 3.8) is 0 Å². The molecule has 0 aliphatic rings. The summed E-state index contributed by atoms with van der Waals surface area (Å²) >= 11 is 6.07. The minimum absolute atomic E-state index is 0.0144. The van der Waals surface area contributed by atoms with Gasteiger partial charge < -0.3 is 0 Å². The van der Waals surface area contributed by atoms with Gasteiger partial charge in [-0.1, -0.05) is 35.9 Å². The first-order valence-electron chi connectivity index (χ1n) is 5.87. The third-order valence-electron chi connectivity index (χ3n) is 2.67. The second kappa shape index (κ2) is 6.16. The molecule has 2 aromatic rings. The maximum Gasteiger partial charge on any atom is 0.271 e. The standard InChI is InChI=1S/C14H12ClN3O2/c1-10(13-7-2-3-8-14(13)15)16-17-11-5-4-6-12(9-11)18(19)20/h2-9,17H,1H3/b16-10+. The van der Waals surface area contributed by atoms with Crippen LogP contribution in [0.25, 0.3) is 0 Å². The summed E-state index contributed by atoms with van der Waals surface area (Å²) in [5.41, 5.74) is 4.86. The Morgan fingerprint density at radius 3 is 2.70 bits per heavy atom. The van der Waals surface area contributed by atoms with Gasteiger partial charge in [-0.15, -0.1) is 0 Å². The molecule has 20 heavy (non-hydrogen) atoms. The van der Waals surface area contributed by atoms with E-state index in [0.29, 0.717) is 16.4 Å². The van der Waals surface area contributed by atoms with E-state index in [-0.39, 0.29) is 5.69 Å². The molecule has 6 heteroatoms. The molecular formula is C14H12ClN3O2. The third-order valence-corrected chi connectivity index (χ3v) is 3.00. The first-order valence-corrected chi connectivity index (χ1v) is 6.25. The van der Waals surface area contributed by atoms with Gasteiger partial charge in [0.15, 0.2) is 0 Å². The van der Waals surface area contributed by atoms with Crippen LogP contribution in [0.4, 0.5) is 11.4 Å². The number of halogens is 1. The summed E-state index contributed by atoms with van der Waals surface area (Å²) in [5, 5.41) is 15.5. The van der Waals surface area contributed by atoms with Crippen LogP contribution in [0, 0.1) is 10.1 Å². The summed E-state index contributed by atoms with van der Waals surface area (Å²) in [5.74, 6) is 0. The first-order chi connectivity index (χ1) is 9.58. The molecule has 5 nitrogen and oxygen atoms in total. The number of benzene rings is 2. The van der Waals surface area contributed by atoms with E-state index in [0.717, 1.165) is 5.56 Å². The highest BCUT2D eigenvalue weighted by molar-refractivity contribution is 6.34. The average Bonchev–Trinajstić information content (AvgIpc) is 2.45. The van der Waals surface area contributed by atoms with Crippen LogP contribution in [0.3, 0.4) is 0 Å². The number of hydrogen-bond donors (Lipinski definition) is 1. The summed E-state index contributed by atoms with van der Waals surface area (Å²) in [6.07, 6.45) is 0. The van der Waals surface area contributed by atoms with Crippen LogP contribution in [-0.4, -0.2) is 10.6 Å². The van der Waals surface area contributed by atoms with Crippen molar-refractivity contribution in [1.29, 1.82) is 0 Å². The Balaban J connectivity index is 2.19. The number of nitro groups is 1. The molecule has 0 spiro atoms. The van der Waals surface area contributed by atoms with Gasteiger partial charge in [-0.25, -0.2) is 0 Å². The van der Waals surface area contributed by atoms with E-state index in [4.69, 9.17) is 11.6 Å². The van der Waals surface area contributed by atoms with Gasteiger partial charge >= 0.3 is 0 Å². The zero-order chi connectivity index (χ0) is 14.5. The summed E-state index contributed by atoms with van der Waals surface area (Å²) in [6, 6.07) is 13.5. The Labute approximate surface area is 121 Å². The summed E-state index contributed by atoms with van der Waals surface area (Å²) in [6.45, 7) is 1.81. The van der Waals surface area contributed by atoms with Gasteiger partial charge in [0.2, 0.25) is 0 Å². The molecule has 0 saturated carbocycles. The lowest BCUT2D eigenvalue weighted by molar-refractivity contribution is -0.384. The molecule has 1 N–H and O–H groups in total. The van der Waals surface area contributed by atoms with Crippen molar-refractivity contribution in [3.05, 3.63) is 69.2 Å². The normalized spacial score (nSPS) is 11.2. The highest BCUT2D eigenvalue weighted by Gasteiger charge is 2.06. The molecule has 0 atom stereocenters. The van der Waals surface area contributed by atoms with Crippen molar-refractivity contribution in [2.75, 3.05) is 5.43 Å². The number of nitrogens with one attached hydrogen (secondary N) is 1. The maximum absolute atomic E-state index is 10.7. The van der Waals surface area contributed by atoms with Crippen molar-refractivity contribution in [3.8, 4) is 0 Å². The van der Waals surface area contributed by atoms with Crippen LogP contribution in [0.5, 0.6) is 0 Å². The Morgan fingerprint density at radius 1 is 1.25 bits per heavy atom. The second-order valence-corrected chi connectivity index (χ2v) is 4.50. The third kappa shape index (κ3) is 3.33. The lowest BCUT2D eigenvalue weighted by Gasteiger charge is -2.05. The fourth-order valence-electron chi connectivity index (χ4n) is 1.65. The predicted molar refractivity (Wildman–Crippen MR) is 80.4 cm³/mol. The molecule has 0 radical (unpaired) electrons. The molecule has 0 saturated heterocycles. The van der Waals surface area contributed by atoms with E-state index < -0.39 is 4.92 Å². The topological polar surface area (TPSA) is 67.5 Å². The smallest absolute Gasteiger partial charge is 0.271 e. The minimum Gasteiger partial charge on any atom is -0.278 e. The van der Waals surface area contributed by atoms with Crippen LogP contribution in [-0.2, 0) is 0 Å². The van der Waals surface area contributed by atoms with Crippen molar-refractivity contribution in [2.45, 2.75) is 6.92 Å². The van der Waals surface area contributed by atoms with E-state index >= 15 is 0 Å². The van der Waals surface area contributed by atoms with Gasteiger partial charge in [0, 0.05) is 22.7 Å². The van der Waals surface area contributed by atoms with Gasteiger partial charge in [-0.05, 0) is 19.1 Å². The summed E-state index contributed by atoms with van der Waals surface area (Å²) in [7, 11) is 0. The maximum atomic E-state index is 10.7. The number of anilines is 1. The summed E-state index contributed by atoms with van der Waals surface area (Å²) < 4.78 is 0. The van der Waals surface area contributed by atoms with Crippen LogP contribution < -0.4 is 5.43 Å². The number of nitrogens with zero attached hydrogens (tertiary/aromatic N) is 2. The average molecular weight is 290 g/mol. The highest BCUT2D eigenvalue weighted by atomic mass is 35.5. The molecular weight excluding hydrogens is 278 g/mol. The van der Waals surface area contributed by atoms with Crippen molar-refractivity contribution in [1.82, 2.24) is 0 Å². The van der Waals surface area contributed by atoms with E-state index in [9.17, 15) is 10.1 Å². The van der Waals surface area contributed by atoms with Gasteiger partial charge in [0.1, 0.15) is 0 Å². The second-order valence-electron chi connectivity index (χ2n) is 4.10. The molecule has 102 valence electrons. The molecule has 0 bridgehead atoms. The zero-order valence-corrected chi connectivity index (χ0v) is 11.5. The van der Waals surface area contributed by atoms with E-state index in [1.165, 1.54) is 12.1 Å². The van der Waals surface area contributed by atoms with Crippen molar-refractivity contribution < 1.29 is 4.92 Å². The molecule has 0 aliphatic carbocycles. The number of hydrazone groups is 1. The molecule has 0 aliphatic heterocycles. The molecule has 0 heterocycles. The van der Waals surface area contributed by atoms with Crippen molar-refractivity contribution in [2.24, 2.45) is 5.10 Å². The molecule has 0 unspecified atom stereocenters. The molecule has 0 aromatic heterocycles. The monoisotopic (exact) mass is 289 g/mol. The Morgan fingerprint density at radius 2 is 2.00 bits per heavy atom. The van der Waals surface area contributed by atoms with Crippen molar-refractivity contribution >= 4 is 28.7 Å². The Hall–Kier alpha value is -2.40. The highest BCUT2D eigenvalue weighted by Crippen LogP contribution is 2.18.